The van der Waals surface area contributed by atoms with Crippen LogP contribution in [-0.4, -0.2) is 0 Å². The van der Waals surface area contributed by atoms with Crippen LogP contribution in [-0.2, 0) is 0 Å². The van der Waals surface area contributed by atoms with Crippen molar-refractivity contribution in [3.63, 3.8) is 0 Å². The van der Waals surface area contributed by atoms with Crippen molar-refractivity contribution in [1.29, 1.82) is 0 Å². The fourth-order valence-electron chi connectivity index (χ4n) is 9.46. The topological polar surface area (TPSA) is 36.1 Å². The normalized spacial score (nSPS) is 14.3. The van der Waals surface area contributed by atoms with E-state index in [2.05, 4.69) is 28.1 Å². The predicted octanol–water partition coefficient (Wildman–Crippen LogP) is 21.9. The van der Waals surface area contributed by atoms with Gasteiger partial charge in [0.1, 0.15) is 0 Å². The smallest absolute Gasteiger partial charge is 0.0629 e. The highest BCUT2D eigenvalue weighted by Gasteiger charge is 2.13. The fourth-order valence-corrected chi connectivity index (χ4v) is 9.46. The zero-order chi connectivity index (χ0) is 71.3. The van der Waals surface area contributed by atoms with Gasteiger partial charge in [0.15, 0.2) is 0 Å². The van der Waals surface area contributed by atoms with Gasteiger partial charge in [0.2, 0.25) is 0 Å². The first-order valence-corrected chi connectivity index (χ1v) is 25.7. The van der Waals surface area contributed by atoms with Crippen LogP contribution >= 0.6 is 0 Å². The van der Waals surface area contributed by atoms with E-state index in [1.54, 1.807) is 30.3 Å². The lowest BCUT2D eigenvalue weighted by atomic mass is 9.96. The van der Waals surface area contributed by atoms with Gasteiger partial charge >= 0.3 is 0 Å². The lowest BCUT2D eigenvalue weighted by Gasteiger charge is -2.16. The minimum absolute atomic E-state index is 0.127. The van der Waals surface area contributed by atoms with Gasteiger partial charge in [-0.25, -0.2) is 0 Å². The molecule has 0 saturated heterocycles. The quantitative estimate of drug-likeness (QED) is 0.128. The summed E-state index contributed by atoms with van der Waals surface area (Å²) in [6, 6.07) is 56.3. The lowest BCUT2D eigenvalue weighted by Crippen LogP contribution is -1.95. The van der Waals surface area contributed by atoms with Crippen LogP contribution in [0, 0.1) is 6.92 Å². The van der Waals surface area contributed by atoms with Crippen LogP contribution in [0.1, 0.15) is 33.0 Å². The molecule has 0 aliphatic rings. The molecule has 0 radical (unpaired) electrons. The summed E-state index contributed by atoms with van der Waals surface area (Å²) in [5.41, 5.74) is 9.00. The summed E-state index contributed by atoms with van der Waals surface area (Å²) in [6.07, 6.45) is 0. The minimum atomic E-state index is -0.444. The third kappa shape index (κ3) is 11.6. The molecule has 0 aromatic heterocycles. The van der Waals surface area contributed by atoms with E-state index in [0.717, 1.165) is 49.4 Å². The first kappa shape index (κ1) is 32.3. The van der Waals surface area contributed by atoms with Gasteiger partial charge in [-0.1, -0.05) is 260 Å². The van der Waals surface area contributed by atoms with Crippen LogP contribution in [0.25, 0.3) is 87.6 Å². The third-order valence-electron chi connectivity index (χ3n) is 13.3. The first-order chi connectivity index (χ1) is 47.8. The highest BCUT2D eigenvalue weighted by atomic mass is 14.9. The number of hydrogen-bond acceptors (Lipinski definition) is 3. The summed E-state index contributed by atoms with van der Waals surface area (Å²) in [5, 5.41) is 17.0. The SMILES string of the molecule is [2H]c1c([2H])c([2H])c(-c2cc3ccccc3cc2Nc2ccccc2)c([2H])c1[2H].[2H]c1c([2H])c([2H])c(-c2ccc(Nc3ccc(-c4c([2H])c([2H])c([2H])c([2H])c4[2H])c4ccccc34)c3ccccc23)c([2H])c1[2H].[2H]c1c([2H])c([2H])c(-c2ccc3cc(Nc4ccc(C)cc4)ccc3c2)c([2H])c1[2H]. The Morgan fingerprint density at radius 1 is 0.250 bits per heavy atom. The van der Waals surface area contributed by atoms with E-state index in [-0.39, 0.29) is 101 Å². The van der Waals surface area contributed by atoms with Gasteiger partial charge in [-0.3, -0.25) is 0 Å². The molecule has 0 amide bonds. The second-order valence-electron chi connectivity index (χ2n) is 18.5. The summed E-state index contributed by atoms with van der Waals surface area (Å²) in [5.74, 6) is 0. The molecule has 0 saturated carbocycles. The standard InChI is InChI=1S/C32H23N.C23H19N.C22H17N/c1-3-11-23(12-4-1)25-19-21-31(29-17-9-7-15-27(25)29)33-32-22-20-26(24-13-5-2-6-14-24)28-16-8-10-18-30(28)32;1-17-7-12-22(13-8-17)24-23-14-11-20-15-19(9-10-21(20)16-23)18-5-3-2-4-6-18;1-3-9-17(10-4-1)21-15-18-11-7-8-12-19(18)16-22(21)23-20-13-5-2-6-14-20/h1-22,33H;2-16,24H,1H3;1-16,23H/i1D,2D,3D,4D,5D,6D,11D,12D,13D,14D;2D,3D,4D,5D,6D;1D,3D,4D,9D,10D. The average molecular weight is 1050 g/mol. The Balaban J connectivity index is 0.000000147. The van der Waals surface area contributed by atoms with Crippen molar-refractivity contribution in [3.8, 4) is 44.5 Å². The number of benzene rings is 14. The molecule has 0 fully saturated rings. The fraction of sp³-hybridized carbons (Fsp3) is 0.0130. The molecule has 0 heterocycles. The van der Waals surface area contributed by atoms with Gasteiger partial charge in [-0.15, -0.1) is 0 Å². The molecule has 3 heteroatoms. The molecular weight excluding hydrogens is 967 g/mol. The van der Waals surface area contributed by atoms with Gasteiger partial charge in [0, 0.05) is 50.5 Å². The zero-order valence-electron chi connectivity index (χ0n) is 63.1. The van der Waals surface area contributed by atoms with Crippen molar-refractivity contribution < 1.29 is 27.4 Å². The maximum atomic E-state index is 8.48. The third-order valence-corrected chi connectivity index (χ3v) is 13.3. The lowest BCUT2D eigenvalue weighted by molar-refractivity contribution is 1.46. The van der Waals surface area contributed by atoms with Gasteiger partial charge in [0.05, 0.1) is 27.4 Å². The zero-order valence-corrected chi connectivity index (χ0v) is 43.1. The molecule has 0 unspecified atom stereocenters. The Kier molecular flexibility index (Phi) is 9.62. The Hall–Kier alpha value is -10.5. The van der Waals surface area contributed by atoms with E-state index in [1.165, 1.54) is 5.56 Å². The van der Waals surface area contributed by atoms with Crippen molar-refractivity contribution in [1.82, 2.24) is 0 Å². The Morgan fingerprint density at radius 2 is 0.675 bits per heavy atom. The Bertz CT molecular complexity index is 5350. The average Bonchev–Trinajstić information content (AvgIpc) is 0.770. The first-order valence-electron chi connectivity index (χ1n) is 35.7. The molecule has 0 bridgehead atoms. The molecule has 382 valence electrons. The van der Waals surface area contributed by atoms with Gasteiger partial charge < -0.3 is 16.0 Å². The summed E-state index contributed by atoms with van der Waals surface area (Å²) >= 11 is 0. The molecule has 80 heavy (non-hydrogen) atoms. The van der Waals surface area contributed by atoms with Crippen molar-refractivity contribution in [2.75, 3.05) is 16.0 Å². The van der Waals surface area contributed by atoms with Crippen LogP contribution in [0.4, 0.5) is 34.1 Å². The van der Waals surface area contributed by atoms with E-state index in [1.807, 2.05) is 165 Å². The maximum Gasteiger partial charge on any atom is 0.0629 e. The number of aryl methyl sites for hydroxylation is 1. The molecule has 0 spiro atoms. The van der Waals surface area contributed by atoms with Gasteiger partial charge in [-0.2, -0.15) is 0 Å². The highest BCUT2D eigenvalue weighted by molar-refractivity contribution is 6.08. The molecular formula is C77H59N3. The van der Waals surface area contributed by atoms with Crippen LogP contribution in [0.15, 0.2) is 321 Å². The monoisotopic (exact) mass is 1050 g/mol. The van der Waals surface area contributed by atoms with Crippen molar-refractivity contribution >= 4 is 77.2 Å². The number of hydrogen-bond donors (Lipinski definition) is 3. The molecule has 3 nitrogen and oxygen atoms in total. The summed E-state index contributed by atoms with van der Waals surface area (Å²) in [4.78, 5) is 0. The van der Waals surface area contributed by atoms with Crippen LogP contribution in [0.3, 0.4) is 0 Å². The number of para-hydroxylation sites is 1. The van der Waals surface area contributed by atoms with Crippen LogP contribution in [0.5, 0.6) is 0 Å². The van der Waals surface area contributed by atoms with Crippen LogP contribution in [0.2, 0.25) is 0 Å². The number of rotatable bonds is 10. The molecule has 3 N–H and O–H groups in total. The van der Waals surface area contributed by atoms with Crippen molar-refractivity contribution in [3.05, 3.63) is 327 Å². The van der Waals surface area contributed by atoms with E-state index in [4.69, 9.17) is 27.4 Å². The molecule has 0 aliphatic heterocycles. The van der Waals surface area contributed by atoms with Crippen molar-refractivity contribution in [2.24, 2.45) is 0 Å². The van der Waals surface area contributed by atoms with Gasteiger partial charge in [-0.05, 0) is 145 Å². The Morgan fingerprint density at radius 3 is 1.24 bits per heavy atom. The largest absolute Gasteiger partial charge is 0.356 e. The molecule has 14 aromatic rings. The number of fused-ring (bicyclic) bond motifs is 4. The predicted molar refractivity (Wildman–Crippen MR) is 345 cm³/mol. The van der Waals surface area contributed by atoms with Crippen molar-refractivity contribution in [2.45, 2.75) is 6.92 Å². The second-order valence-corrected chi connectivity index (χ2v) is 18.5. The van der Waals surface area contributed by atoms with E-state index in [0.29, 0.717) is 50.1 Å². The summed E-state index contributed by atoms with van der Waals surface area (Å²) in [6.45, 7) is 2.05. The Labute approximate surface area is 497 Å². The molecule has 0 atom stereocenters. The molecule has 14 rings (SSSR count). The number of nitrogens with one attached hydrogen (secondary N) is 3. The van der Waals surface area contributed by atoms with Crippen LogP contribution < -0.4 is 16.0 Å². The summed E-state index contributed by atoms with van der Waals surface area (Å²) < 4.78 is 163. The van der Waals surface area contributed by atoms with E-state index < -0.39 is 42.3 Å². The maximum absolute atomic E-state index is 8.48. The molecule has 14 aromatic carbocycles. The highest BCUT2D eigenvalue weighted by Crippen LogP contribution is 2.39. The molecule has 0 aliphatic carbocycles. The number of anilines is 6. The van der Waals surface area contributed by atoms with Gasteiger partial charge in [0.25, 0.3) is 0 Å². The second kappa shape index (κ2) is 23.8. The minimum Gasteiger partial charge on any atom is -0.356 e. The summed E-state index contributed by atoms with van der Waals surface area (Å²) in [7, 11) is 0. The van der Waals surface area contributed by atoms with E-state index >= 15 is 0 Å². The van der Waals surface area contributed by atoms with E-state index in [9.17, 15) is 0 Å².